The SMILES string of the molecule is COCCOCC(=CS(=O)(=O)c1ccc(Br)cc1)C(=O)O. The van der Waals surface area contributed by atoms with Crippen LogP contribution < -0.4 is 0 Å². The Bertz CT molecular complexity index is 606. The lowest BCUT2D eigenvalue weighted by Crippen LogP contribution is -2.13. The van der Waals surface area contributed by atoms with Crippen molar-refractivity contribution in [1.82, 2.24) is 0 Å². The van der Waals surface area contributed by atoms with E-state index in [1.54, 1.807) is 12.1 Å². The Morgan fingerprint density at radius 2 is 1.90 bits per heavy atom. The largest absolute Gasteiger partial charge is 0.478 e. The first kappa shape index (κ1) is 17.8. The van der Waals surface area contributed by atoms with Crippen molar-refractivity contribution in [2.75, 3.05) is 26.9 Å². The third-order valence-corrected chi connectivity index (χ3v) is 4.46. The number of sulfone groups is 1. The van der Waals surface area contributed by atoms with Crippen molar-refractivity contribution in [1.29, 1.82) is 0 Å². The van der Waals surface area contributed by atoms with E-state index in [2.05, 4.69) is 15.9 Å². The van der Waals surface area contributed by atoms with E-state index in [4.69, 9.17) is 14.6 Å². The molecule has 0 atom stereocenters. The first-order valence-electron chi connectivity index (χ1n) is 5.88. The second-order valence-corrected chi connectivity index (χ2v) is 6.71. The zero-order valence-corrected chi connectivity index (χ0v) is 13.7. The van der Waals surface area contributed by atoms with Crippen molar-refractivity contribution >= 4 is 31.7 Å². The molecule has 6 nitrogen and oxygen atoms in total. The number of aliphatic carboxylic acids is 1. The van der Waals surface area contributed by atoms with Crippen molar-refractivity contribution in [2.24, 2.45) is 0 Å². The Morgan fingerprint density at radius 3 is 2.43 bits per heavy atom. The molecule has 0 bridgehead atoms. The number of carboxylic acids is 1. The summed E-state index contributed by atoms with van der Waals surface area (Å²) in [5, 5.41) is 9.75. The summed E-state index contributed by atoms with van der Waals surface area (Å²) in [6, 6.07) is 5.91. The molecule has 0 aromatic heterocycles. The van der Waals surface area contributed by atoms with Crippen LogP contribution in [0.25, 0.3) is 0 Å². The summed E-state index contributed by atoms with van der Waals surface area (Å²) in [7, 11) is -2.36. The van der Waals surface area contributed by atoms with Crippen LogP contribution >= 0.6 is 15.9 Å². The van der Waals surface area contributed by atoms with Crippen LogP contribution in [-0.2, 0) is 24.1 Å². The van der Waals surface area contributed by atoms with Crippen molar-refractivity contribution < 1.29 is 27.8 Å². The van der Waals surface area contributed by atoms with Gasteiger partial charge >= 0.3 is 5.97 Å². The number of methoxy groups -OCH3 is 1. The summed E-state index contributed by atoms with van der Waals surface area (Å²) >= 11 is 3.20. The summed E-state index contributed by atoms with van der Waals surface area (Å²) in [4.78, 5) is 11.1. The van der Waals surface area contributed by atoms with Gasteiger partial charge in [0, 0.05) is 17.0 Å². The van der Waals surface area contributed by atoms with Gasteiger partial charge in [-0.05, 0) is 24.3 Å². The molecule has 1 aromatic rings. The molecule has 0 saturated carbocycles. The average molecular weight is 379 g/mol. The highest BCUT2D eigenvalue weighted by molar-refractivity contribution is 9.10. The predicted molar refractivity (Wildman–Crippen MR) is 79.7 cm³/mol. The van der Waals surface area contributed by atoms with Gasteiger partial charge in [0.25, 0.3) is 0 Å². The quantitative estimate of drug-likeness (QED) is 0.548. The molecule has 0 unspecified atom stereocenters. The summed E-state index contributed by atoms with van der Waals surface area (Å²) in [6.45, 7) is 0.167. The lowest BCUT2D eigenvalue weighted by Gasteiger charge is -2.05. The molecule has 0 heterocycles. The Balaban J connectivity index is 2.92. The maximum atomic E-state index is 12.1. The molecule has 21 heavy (non-hydrogen) atoms. The van der Waals surface area contributed by atoms with Gasteiger partial charge in [0.2, 0.25) is 0 Å². The summed E-state index contributed by atoms with van der Waals surface area (Å²) in [5.41, 5.74) is -0.339. The van der Waals surface area contributed by atoms with Gasteiger partial charge in [0.15, 0.2) is 9.84 Å². The molecular formula is C13H15BrO6S. The van der Waals surface area contributed by atoms with Gasteiger partial charge in [-0.25, -0.2) is 13.2 Å². The Hall–Kier alpha value is -1.22. The molecule has 116 valence electrons. The maximum absolute atomic E-state index is 12.1. The topological polar surface area (TPSA) is 89.9 Å². The average Bonchev–Trinajstić information content (AvgIpc) is 2.42. The fraction of sp³-hybridized carbons (Fsp3) is 0.308. The van der Waals surface area contributed by atoms with Crippen LogP contribution in [-0.4, -0.2) is 46.4 Å². The van der Waals surface area contributed by atoms with Gasteiger partial charge in [-0.1, -0.05) is 15.9 Å². The minimum Gasteiger partial charge on any atom is -0.478 e. The van der Waals surface area contributed by atoms with E-state index in [0.29, 0.717) is 12.0 Å². The number of carboxylic acid groups (broad SMARTS) is 1. The molecule has 0 aliphatic heterocycles. The summed E-state index contributed by atoms with van der Waals surface area (Å²) in [6.07, 6.45) is 0. The maximum Gasteiger partial charge on any atom is 0.334 e. The Morgan fingerprint density at radius 1 is 1.29 bits per heavy atom. The normalized spacial score (nSPS) is 12.4. The summed E-state index contributed by atoms with van der Waals surface area (Å²) < 4.78 is 34.8. The van der Waals surface area contributed by atoms with Crippen LogP contribution in [0.1, 0.15) is 0 Å². The number of benzene rings is 1. The smallest absolute Gasteiger partial charge is 0.334 e. The lowest BCUT2D eigenvalue weighted by atomic mass is 10.3. The standard InChI is InChI=1S/C13H15BrO6S/c1-19-6-7-20-8-10(13(15)16)9-21(17,18)12-4-2-11(14)3-5-12/h2-5,9H,6-8H2,1H3,(H,15,16). The highest BCUT2D eigenvalue weighted by Crippen LogP contribution is 2.18. The van der Waals surface area contributed by atoms with Crippen molar-refractivity contribution in [3.63, 3.8) is 0 Å². The number of hydrogen-bond acceptors (Lipinski definition) is 5. The van der Waals surface area contributed by atoms with Crippen LogP contribution in [0.5, 0.6) is 0 Å². The van der Waals surface area contributed by atoms with Gasteiger partial charge in [-0.15, -0.1) is 0 Å². The number of halogens is 1. The van der Waals surface area contributed by atoms with E-state index < -0.39 is 15.8 Å². The third kappa shape index (κ3) is 5.96. The van der Waals surface area contributed by atoms with E-state index in [9.17, 15) is 13.2 Å². The van der Waals surface area contributed by atoms with E-state index in [1.165, 1.54) is 19.2 Å². The van der Waals surface area contributed by atoms with E-state index in [0.717, 1.165) is 4.47 Å². The van der Waals surface area contributed by atoms with E-state index >= 15 is 0 Å². The number of hydrogen-bond donors (Lipinski definition) is 1. The number of rotatable bonds is 8. The van der Waals surface area contributed by atoms with Crippen LogP contribution in [0.4, 0.5) is 0 Å². The molecule has 0 aliphatic carbocycles. The zero-order chi connectivity index (χ0) is 15.9. The van der Waals surface area contributed by atoms with E-state index in [1.807, 2.05) is 0 Å². The lowest BCUT2D eigenvalue weighted by molar-refractivity contribution is -0.133. The molecule has 0 spiro atoms. The molecule has 1 rings (SSSR count). The first-order chi connectivity index (χ1) is 9.86. The van der Waals surface area contributed by atoms with Gasteiger partial charge in [0.1, 0.15) is 0 Å². The fourth-order valence-corrected chi connectivity index (χ4v) is 2.81. The molecular weight excluding hydrogens is 364 g/mol. The van der Waals surface area contributed by atoms with Crippen molar-refractivity contribution in [2.45, 2.75) is 4.90 Å². The zero-order valence-electron chi connectivity index (χ0n) is 11.3. The minimum absolute atomic E-state index is 0.0151. The number of ether oxygens (including phenoxy) is 2. The minimum atomic E-state index is -3.84. The monoisotopic (exact) mass is 378 g/mol. The predicted octanol–water partition coefficient (Wildman–Crippen LogP) is 1.85. The molecule has 0 saturated heterocycles. The molecule has 0 amide bonds. The molecule has 1 N–H and O–H groups in total. The van der Waals surface area contributed by atoms with Gasteiger partial charge in [-0.2, -0.15) is 0 Å². The van der Waals surface area contributed by atoms with E-state index in [-0.39, 0.29) is 23.7 Å². The van der Waals surface area contributed by atoms with Crippen LogP contribution in [0, 0.1) is 0 Å². The molecule has 0 fully saturated rings. The molecule has 8 heteroatoms. The molecule has 0 radical (unpaired) electrons. The highest BCUT2D eigenvalue weighted by Gasteiger charge is 2.17. The van der Waals surface area contributed by atoms with Gasteiger partial charge in [-0.3, -0.25) is 0 Å². The van der Waals surface area contributed by atoms with Crippen molar-refractivity contribution in [3.05, 3.63) is 39.7 Å². The number of carbonyl (C=O) groups is 1. The highest BCUT2D eigenvalue weighted by atomic mass is 79.9. The van der Waals surface area contributed by atoms with Gasteiger partial charge < -0.3 is 14.6 Å². The fourth-order valence-electron chi connectivity index (χ4n) is 1.35. The van der Waals surface area contributed by atoms with Crippen LogP contribution in [0.2, 0.25) is 0 Å². The molecule has 1 aromatic carbocycles. The second kappa shape index (κ2) is 8.28. The van der Waals surface area contributed by atoms with Crippen LogP contribution in [0.15, 0.2) is 44.6 Å². The third-order valence-electron chi connectivity index (χ3n) is 2.40. The molecule has 0 aliphatic rings. The van der Waals surface area contributed by atoms with Crippen LogP contribution in [0.3, 0.4) is 0 Å². The van der Waals surface area contributed by atoms with Crippen molar-refractivity contribution in [3.8, 4) is 0 Å². The Kier molecular flexibility index (Phi) is 7.03. The summed E-state index contributed by atoms with van der Waals surface area (Å²) in [5.74, 6) is -1.34. The van der Waals surface area contributed by atoms with Gasteiger partial charge in [0.05, 0.1) is 30.3 Å². The second-order valence-electron chi connectivity index (χ2n) is 3.99. The first-order valence-corrected chi connectivity index (χ1v) is 8.22. The Labute approximate surface area is 131 Å².